The number of aliphatic hydroxyl groups excluding tert-OH is 1. The normalized spacial score (nSPS) is 20.3. The lowest BCUT2D eigenvalue weighted by Gasteiger charge is -2.37. The Morgan fingerprint density at radius 3 is 2.79 bits per heavy atom. The predicted molar refractivity (Wildman–Crippen MR) is 71.7 cm³/mol. The first-order valence-corrected chi connectivity index (χ1v) is 6.47. The molecule has 5 heteroatoms. The average Bonchev–Trinajstić information content (AvgIpc) is 2.46. The van der Waals surface area contributed by atoms with E-state index in [0.29, 0.717) is 13.1 Å². The van der Waals surface area contributed by atoms with Gasteiger partial charge in [-0.1, -0.05) is 30.3 Å². The molecule has 0 spiro atoms. The van der Waals surface area contributed by atoms with E-state index < -0.39 is 0 Å². The van der Waals surface area contributed by atoms with E-state index in [1.54, 1.807) is 4.90 Å². The standard InChI is InChI=1S/C14H20N2O3/c1-15-7-8-16(9-13(15)10-17)14(18)19-11-12-5-3-2-4-6-12/h2-6,13,17H,7-11H2,1H3. The molecule has 0 radical (unpaired) electrons. The van der Waals surface area contributed by atoms with Gasteiger partial charge < -0.3 is 14.7 Å². The maximum absolute atomic E-state index is 11.9. The number of nitrogens with zero attached hydrogens (tertiary/aromatic N) is 2. The van der Waals surface area contributed by atoms with Crippen LogP contribution in [0.4, 0.5) is 4.79 Å². The molecular formula is C14H20N2O3. The van der Waals surface area contributed by atoms with Crippen molar-refractivity contribution >= 4 is 6.09 Å². The number of hydrogen-bond donors (Lipinski definition) is 1. The molecule has 0 saturated carbocycles. The Morgan fingerprint density at radius 1 is 1.37 bits per heavy atom. The number of hydrogen-bond acceptors (Lipinski definition) is 4. The minimum atomic E-state index is -0.310. The molecule has 1 N–H and O–H groups in total. The van der Waals surface area contributed by atoms with E-state index in [-0.39, 0.29) is 25.3 Å². The maximum Gasteiger partial charge on any atom is 0.410 e. The Labute approximate surface area is 113 Å². The van der Waals surface area contributed by atoms with Gasteiger partial charge in [0.05, 0.1) is 12.6 Å². The Kier molecular flexibility index (Phi) is 4.76. The van der Waals surface area contributed by atoms with Crippen LogP contribution < -0.4 is 0 Å². The number of benzene rings is 1. The van der Waals surface area contributed by atoms with Crippen molar-refractivity contribution in [3.63, 3.8) is 0 Å². The third-order valence-corrected chi connectivity index (χ3v) is 3.45. The third-order valence-electron chi connectivity index (χ3n) is 3.45. The first-order chi connectivity index (χ1) is 9.20. The Morgan fingerprint density at radius 2 is 2.11 bits per heavy atom. The molecule has 1 fully saturated rings. The molecule has 1 saturated heterocycles. The van der Waals surface area contributed by atoms with Crippen molar-refractivity contribution in [2.75, 3.05) is 33.3 Å². The largest absolute Gasteiger partial charge is 0.445 e. The van der Waals surface area contributed by atoms with E-state index in [1.807, 2.05) is 37.4 Å². The molecule has 0 aromatic heterocycles. The number of rotatable bonds is 3. The van der Waals surface area contributed by atoms with Gasteiger partial charge in [0.2, 0.25) is 0 Å². The summed E-state index contributed by atoms with van der Waals surface area (Å²) in [6.07, 6.45) is -0.310. The summed E-state index contributed by atoms with van der Waals surface area (Å²) in [5.41, 5.74) is 0.976. The van der Waals surface area contributed by atoms with Gasteiger partial charge in [0, 0.05) is 19.6 Å². The van der Waals surface area contributed by atoms with Crippen molar-refractivity contribution in [1.82, 2.24) is 9.80 Å². The van der Waals surface area contributed by atoms with Gasteiger partial charge in [0.15, 0.2) is 0 Å². The van der Waals surface area contributed by atoms with Crippen molar-refractivity contribution in [3.8, 4) is 0 Å². The smallest absolute Gasteiger partial charge is 0.410 e. The van der Waals surface area contributed by atoms with Crippen molar-refractivity contribution in [2.45, 2.75) is 12.6 Å². The van der Waals surface area contributed by atoms with E-state index in [1.165, 1.54) is 0 Å². The first-order valence-electron chi connectivity index (χ1n) is 6.47. The van der Waals surface area contributed by atoms with Gasteiger partial charge in [-0.3, -0.25) is 4.90 Å². The minimum absolute atomic E-state index is 0.00183. The third kappa shape index (κ3) is 3.68. The highest BCUT2D eigenvalue weighted by Crippen LogP contribution is 2.10. The number of aliphatic hydroxyl groups is 1. The summed E-state index contributed by atoms with van der Waals surface area (Å²) in [7, 11) is 1.95. The summed E-state index contributed by atoms with van der Waals surface area (Å²) >= 11 is 0. The summed E-state index contributed by atoms with van der Waals surface area (Å²) < 4.78 is 5.28. The van der Waals surface area contributed by atoms with Gasteiger partial charge in [-0.2, -0.15) is 0 Å². The second kappa shape index (κ2) is 6.54. The molecular weight excluding hydrogens is 244 g/mol. The molecule has 0 aliphatic carbocycles. The van der Waals surface area contributed by atoms with Crippen LogP contribution in [0.1, 0.15) is 5.56 Å². The predicted octanol–water partition coefficient (Wildman–Crippen LogP) is 0.931. The highest BCUT2D eigenvalue weighted by Gasteiger charge is 2.27. The zero-order chi connectivity index (χ0) is 13.7. The molecule has 1 amide bonds. The number of piperazine rings is 1. The molecule has 1 atom stereocenters. The lowest BCUT2D eigenvalue weighted by atomic mass is 10.2. The van der Waals surface area contributed by atoms with Crippen LogP contribution in [0.25, 0.3) is 0 Å². The van der Waals surface area contributed by atoms with Crippen LogP contribution in [-0.4, -0.2) is 60.3 Å². The Bertz CT molecular complexity index is 410. The van der Waals surface area contributed by atoms with Crippen LogP contribution in [0.3, 0.4) is 0 Å². The lowest BCUT2D eigenvalue weighted by Crippen LogP contribution is -2.54. The fraction of sp³-hybridized carbons (Fsp3) is 0.500. The molecule has 104 valence electrons. The van der Waals surface area contributed by atoms with E-state index in [2.05, 4.69) is 4.90 Å². The fourth-order valence-corrected chi connectivity index (χ4v) is 2.12. The van der Waals surface area contributed by atoms with Gasteiger partial charge in [-0.15, -0.1) is 0 Å². The monoisotopic (exact) mass is 264 g/mol. The summed E-state index contributed by atoms with van der Waals surface area (Å²) in [6, 6.07) is 9.61. The van der Waals surface area contributed by atoms with E-state index in [0.717, 1.165) is 12.1 Å². The van der Waals surface area contributed by atoms with Crippen LogP contribution in [-0.2, 0) is 11.3 Å². The molecule has 19 heavy (non-hydrogen) atoms. The average molecular weight is 264 g/mol. The molecule has 1 aromatic carbocycles. The van der Waals surface area contributed by atoms with Crippen molar-refractivity contribution in [2.24, 2.45) is 0 Å². The maximum atomic E-state index is 11.9. The van der Waals surface area contributed by atoms with E-state index in [9.17, 15) is 9.90 Å². The van der Waals surface area contributed by atoms with Crippen LogP contribution in [0.15, 0.2) is 30.3 Å². The summed E-state index contributed by atoms with van der Waals surface area (Å²) in [5, 5.41) is 9.25. The molecule has 1 unspecified atom stereocenters. The van der Waals surface area contributed by atoms with Gasteiger partial charge in [-0.05, 0) is 12.6 Å². The van der Waals surface area contributed by atoms with Gasteiger partial charge >= 0.3 is 6.09 Å². The van der Waals surface area contributed by atoms with Crippen LogP contribution in [0.5, 0.6) is 0 Å². The second-order valence-corrected chi connectivity index (χ2v) is 4.80. The summed E-state index contributed by atoms with van der Waals surface area (Å²) in [6.45, 7) is 2.25. The lowest BCUT2D eigenvalue weighted by molar-refractivity contribution is 0.0390. The molecule has 1 aromatic rings. The SMILES string of the molecule is CN1CCN(C(=O)OCc2ccccc2)CC1CO. The van der Waals surface area contributed by atoms with Crippen LogP contribution in [0.2, 0.25) is 0 Å². The Hall–Kier alpha value is -1.59. The molecule has 1 heterocycles. The van der Waals surface area contributed by atoms with Crippen molar-refractivity contribution in [3.05, 3.63) is 35.9 Å². The number of carbonyl (C=O) groups is 1. The zero-order valence-electron chi connectivity index (χ0n) is 11.2. The second-order valence-electron chi connectivity index (χ2n) is 4.80. The first kappa shape index (κ1) is 13.8. The summed E-state index contributed by atoms with van der Waals surface area (Å²) in [5.74, 6) is 0. The topological polar surface area (TPSA) is 53.0 Å². The molecule has 1 aliphatic rings. The number of carbonyl (C=O) groups excluding carboxylic acids is 1. The number of amides is 1. The van der Waals surface area contributed by atoms with Gasteiger partial charge in [0.1, 0.15) is 6.61 Å². The van der Waals surface area contributed by atoms with Crippen molar-refractivity contribution < 1.29 is 14.6 Å². The highest BCUT2D eigenvalue weighted by atomic mass is 16.6. The van der Waals surface area contributed by atoms with Crippen LogP contribution in [0, 0.1) is 0 Å². The molecule has 0 bridgehead atoms. The zero-order valence-corrected chi connectivity index (χ0v) is 11.2. The minimum Gasteiger partial charge on any atom is -0.445 e. The van der Waals surface area contributed by atoms with Gasteiger partial charge in [-0.25, -0.2) is 4.79 Å². The van der Waals surface area contributed by atoms with Crippen molar-refractivity contribution in [1.29, 1.82) is 0 Å². The quantitative estimate of drug-likeness (QED) is 0.882. The fourth-order valence-electron chi connectivity index (χ4n) is 2.12. The number of likely N-dealkylation sites (N-methyl/N-ethyl adjacent to an activating group) is 1. The Balaban J connectivity index is 1.83. The van der Waals surface area contributed by atoms with E-state index in [4.69, 9.17) is 4.74 Å². The molecule has 5 nitrogen and oxygen atoms in total. The van der Waals surface area contributed by atoms with Gasteiger partial charge in [0.25, 0.3) is 0 Å². The highest BCUT2D eigenvalue weighted by molar-refractivity contribution is 5.67. The van der Waals surface area contributed by atoms with E-state index >= 15 is 0 Å². The number of ether oxygens (including phenoxy) is 1. The van der Waals surface area contributed by atoms with Crippen LogP contribution >= 0.6 is 0 Å². The molecule has 1 aliphatic heterocycles. The molecule has 2 rings (SSSR count). The summed E-state index contributed by atoms with van der Waals surface area (Å²) in [4.78, 5) is 15.7.